The van der Waals surface area contributed by atoms with E-state index in [0.717, 1.165) is 155 Å². The zero-order valence-electron chi connectivity index (χ0n) is 60.3. The van der Waals surface area contributed by atoms with Crippen molar-refractivity contribution in [1.29, 1.82) is 0 Å². The Bertz CT molecular complexity index is 7260. The van der Waals surface area contributed by atoms with Gasteiger partial charge < -0.3 is 18.0 Å². The molecule has 0 spiro atoms. The molecular formula is C102H64N8O2. The van der Waals surface area contributed by atoms with Crippen LogP contribution in [0, 0.1) is 0 Å². The van der Waals surface area contributed by atoms with Crippen molar-refractivity contribution in [2.75, 3.05) is 0 Å². The van der Waals surface area contributed by atoms with Crippen LogP contribution in [0.5, 0.6) is 0 Å². The van der Waals surface area contributed by atoms with E-state index in [4.69, 9.17) is 38.7 Å². The molecule has 0 aliphatic heterocycles. The Morgan fingerprint density at radius 2 is 0.420 bits per heavy atom. The van der Waals surface area contributed by atoms with Crippen molar-refractivity contribution >= 4 is 87.5 Å². The van der Waals surface area contributed by atoms with Crippen molar-refractivity contribution in [2.24, 2.45) is 0 Å². The van der Waals surface area contributed by atoms with Crippen LogP contribution in [0.2, 0.25) is 0 Å². The highest BCUT2D eigenvalue weighted by Gasteiger charge is 2.21. The molecule has 0 bridgehead atoms. The first-order chi connectivity index (χ1) is 55.5. The topological polar surface area (TPSA) is 113 Å². The molecule has 0 aliphatic carbocycles. The number of fused-ring (bicyclic) bond motifs is 12. The van der Waals surface area contributed by atoms with Crippen LogP contribution in [0.4, 0.5) is 0 Å². The van der Waals surface area contributed by atoms with Gasteiger partial charge in [-0.05, 0) is 148 Å². The van der Waals surface area contributed by atoms with Crippen LogP contribution in [-0.2, 0) is 0 Å². The van der Waals surface area contributed by atoms with E-state index in [0.29, 0.717) is 34.9 Å². The van der Waals surface area contributed by atoms with Crippen molar-refractivity contribution in [3.63, 3.8) is 0 Å². The molecule has 10 heteroatoms. The van der Waals surface area contributed by atoms with Crippen molar-refractivity contribution in [3.8, 4) is 124 Å². The van der Waals surface area contributed by atoms with E-state index < -0.39 is 0 Å². The summed E-state index contributed by atoms with van der Waals surface area (Å²) >= 11 is 0. The highest BCUT2D eigenvalue weighted by atomic mass is 16.3. The Hall–Kier alpha value is -15.3. The maximum Gasteiger partial charge on any atom is 0.164 e. The molecule has 6 heterocycles. The fourth-order valence-electron chi connectivity index (χ4n) is 15.8. The van der Waals surface area contributed by atoms with E-state index in [1.54, 1.807) is 0 Å². The molecule has 0 radical (unpaired) electrons. The molecule has 0 N–H and O–H groups in total. The predicted octanol–water partition coefficient (Wildman–Crippen LogP) is 26.4. The molecule has 524 valence electrons. The van der Waals surface area contributed by atoms with E-state index in [1.165, 1.54) is 21.5 Å². The summed E-state index contributed by atoms with van der Waals surface area (Å²) in [6.07, 6.45) is 0. The molecule has 0 unspecified atom stereocenters. The van der Waals surface area contributed by atoms with Gasteiger partial charge in [-0.2, -0.15) is 0 Å². The van der Waals surface area contributed by atoms with Gasteiger partial charge in [0.1, 0.15) is 22.3 Å². The maximum absolute atomic E-state index is 6.25. The van der Waals surface area contributed by atoms with Gasteiger partial charge in [-0.15, -0.1) is 0 Å². The lowest BCUT2D eigenvalue weighted by molar-refractivity contribution is 0.668. The van der Waals surface area contributed by atoms with Crippen LogP contribution >= 0.6 is 0 Å². The van der Waals surface area contributed by atoms with Gasteiger partial charge in [-0.1, -0.05) is 285 Å². The molecule has 0 fully saturated rings. The summed E-state index contributed by atoms with van der Waals surface area (Å²) in [5.74, 6) is 3.86. The standard InChI is InChI=1S/2C51H32N4O/c1-3-13-33(14-4-1)49-52-50(34-15-5-2-6-16-34)54-51(53-49)39-19-11-17-35(29-39)36-18-12-20-40(30-36)55-45-23-9-7-21-41(45)44-31-37(26-28-46(44)55)38-25-27-43-42-22-8-10-24-47(42)56-48(43)32-38;1-3-12-34(13-4-1)49-52-50(35-14-5-2-6-15-35)54-51(53-49)36-24-22-33(23-25-36)37-16-11-17-40(30-37)55-45-20-9-7-18-41(45)44-31-38(27-29-46(44)55)39-26-28-43-42-19-8-10-21-47(42)56-48(43)32-39/h2*1-32H. The Balaban J connectivity index is 0.000000141. The first kappa shape index (κ1) is 65.1. The SMILES string of the molecule is c1ccc(-c2nc(-c3ccccc3)nc(-c3ccc(-c4cccc(-n5c6ccccc6c6cc(-c7ccc8c(c7)oc7ccccc78)ccc65)c4)cc3)n2)cc1.c1ccc(-c2nc(-c3ccccc3)nc(-c3cccc(-c4cccc(-n5c6ccccc6c6cc(-c7ccc8c(c7)oc7ccccc78)ccc65)c4)c3)n2)cc1. The monoisotopic (exact) mass is 1430 g/mol. The number of hydrogen-bond acceptors (Lipinski definition) is 8. The Kier molecular flexibility index (Phi) is 16.0. The van der Waals surface area contributed by atoms with Crippen LogP contribution < -0.4 is 0 Å². The van der Waals surface area contributed by atoms with Gasteiger partial charge in [-0.25, -0.2) is 29.9 Å². The highest BCUT2D eigenvalue weighted by molar-refractivity contribution is 6.13. The third-order valence-corrected chi connectivity index (χ3v) is 21.3. The fraction of sp³-hybridized carbons (Fsp3) is 0. The van der Waals surface area contributed by atoms with E-state index in [1.807, 2.05) is 146 Å². The lowest BCUT2D eigenvalue weighted by Crippen LogP contribution is -2.00. The van der Waals surface area contributed by atoms with Crippen LogP contribution in [0.3, 0.4) is 0 Å². The van der Waals surface area contributed by atoms with Gasteiger partial charge in [0.05, 0.1) is 22.1 Å². The van der Waals surface area contributed by atoms with Gasteiger partial charge in [-0.3, -0.25) is 0 Å². The summed E-state index contributed by atoms with van der Waals surface area (Å²) in [6, 6.07) is 135. The molecule has 0 saturated carbocycles. The third kappa shape index (κ3) is 11.9. The molecule has 0 amide bonds. The second-order valence-corrected chi connectivity index (χ2v) is 28.1. The largest absolute Gasteiger partial charge is 0.456 e. The smallest absolute Gasteiger partial charge is 0.164 e. The lowest BCUT2D eigenvalue weighted by Gasteiger charge is -2.12. The highest BCUT2D eigenvalue weighted by Crippen LogP contribution is 2.42. The molecule has 22 rings (SSSR count). The van der Waals surface area contributed by atoms with E-state index in [-0.39, 0.29) is 0 Å². The third-order valence-electron chi connectivity index (χ3n) is 21.3. The Morgan fingerprint density at radius 3 is 0.848 bits per heavy atom. The van der Waals surface area contributed by atoms with Crippen LogP contribution in [-0.4, -0.2) is 39.0 Å². The minimum absolute atomic E-state index is 0.633. The number of hydrogen-bond donors (Lipinski definition) is 0. The molecule has 0 aliphatic rings. The summed E-state index contributed by atoms with van der Waals surface area (Å²) in [5, 5.41) is 9.38. The van der Waals surface area contributed by atoms with Crippen molar-refractivity contribution < 1.29 is 8.83 Å². The molecule has 112 heavy (non-hydrogen) atoms. The summed E-state index contributed by atoms with van der Waals surface area (Å²) < 4.78 is 17.2. The molecule has 10 nitrogen and oxygen atoms in total. The Labute approximate surface area is 643 Å². The second-order valence-electron chi connectivity index (χ2n) is 28.1. The molecule has 22 aromatic rings. The summed E-state index contributed by atoms with van der Waals surface area (Å²) in [7, 11) is 0. The van der Waals surface area contributed by atoms with Crippen molar-refractivity contribution in [3.05, 3.63) is 388 Å². The number of nitrogens with zero attached hydrogens (tertiary/aromatic N) is 8. The summed E-state index contributed by atoms with van der Waals surface area (Å²) in [4.78, 5) is 29.6. The first-order valence-electron chi connectivity index (χ1n) is 37.5. The zero-order valence-corrected chi connectivity index (χ0v) is 60.3. The van der Waals surface area contributed by atoms with Crippen LogP contribution in [0.25, 0.3) is 212 Å². The molecule has 0 atom stereocenters. The average molecular weight is 1430 g/mol. The number of furan rings is 2. The maximum atomic E-state index is 6.25. The van der Waals surface area contributed by atoms with Crippen molar-refractivity contribution in [2.45, 2.75) is 0 Å². The number of rotatable bonds is 12. The normalized spacial score (nSPS) is 11.6. The molecule has 0 saturated heterocycles. The average Bonchev–Trinajstić information content (AvgIpc) is 1.60. The number of aromatic nitrogens is 8. The second kappa shape index (κ2) is 27.5. The number of benzene rings is 16. The van der Waals surface area contributed by atoms with Gasteiger partial charge in [0.15, 0.2) is 34.9 Å². The first-order valence-corrected chi connectivity index (χ1v) is 37.5. The van der Waals surface area contributed by atoms with Crippen LogP contribution in [0.15, 0.2) is 397 Å². The Morgan fingerprint density at radius 1 is 0.152 bits per heavy atom. The summed E-state index contributed by atoms with van der Waals surface area (Å²) in [6.45, 7) is 0. The summed E-state index contributed by atoms with van der Waals surface area (Å²) in [5.41, 5.74) is 25.1. The number of para-hydroxylation sites is 4. The van der Waals surface area contributed by atoms with Gasteiger partial charge in [0, 0.05) is 87.8 Å². The van der Waals surface area contributed by atoms with Crippen LogP contribution in [0.1, 0.15) is 0 Å². The predicted molar refractivity (Wildman–Crippen MR) is 457 cm³/mol. The van der Waals surface area contributed by atoms with E-state index in [9.17, 15) is 0 Å². The van der Waals surface area contributed by atoms with Crippen molar-refractivity contribution in [1.82, 2.24) is 39.0 Å². The lowest BCUT2D eigenvalue weighted by atomic mass is 10.0. The van der Waals surface area contributed by atoms with Gasteiger partial charge in [0.2, 0.25) is 0 Å². The van der Waals surface area contributed by atoms with E-state index in [2.05, 4.69) is 252 Å². The minimum atomic E-state index is 0.633. The molecule has 6 aromatic heterocycles. The van der Waals surface area contributed by atoms with Gasteiger partial charge >= 0.3 is 0 Å². The minimum Gasteiger partial charge on any atom is -0.456 e. The fourth-order valence-corrected chi connectivity index (χ4v) is 15.8. The van der Waals surface area contributed by atoms with E-state index >= 15 is 0 Å². The molecule has 16 aromatic carbocycles. The van der Waals surface area contributed by atoms with Gasteiger partial charge in [0.25, 0.3) is 0 Å². The zero-order chi connectivity index (χ0) is 74.0. The molecular weight excluding hydrogens is 1370 g/mol. The quantitative estimate of drug-likeness (QED) is 0.119.